The summed E-state index contributed by atoms with van der Waals surface area (Å²) >= 11 is 0. The summed E-state index contributed by atoms with van der Waals surface area (Å²) in [5.74, 6) is -2.49. The lowest BCUT2D eigenvalue weighted by atomic mass is 10.0. The molecule has 1 rings (SSSR count). The fourth-order valence-corrected chi connectivity index (χ4v) is 1.74. The Balaban J connectivity index is 2.85. The van der Waals surface area contributed by atoms with E-state index < -0.39 is 30.3 Å². The number of aryl methyl sites for hydroxylation is 1. The predicted molar refractivity (Wildman–Crippen MR) is 71.3 cm³/mol. The lowest BCUT2D eigenvalue weighted by molar-refractivity contribution is -0.147. The fraction of sp³-hybridized carbons (Fsp3) is 0.357. The maximum atomic E-state index is 12.1. The average Bonchev–Trinajstić information content (AvgIpc) is 2.45. The van der Waals surface area contributed by atoms with Gasteiger partial charge in [0.2, 0.25) is 0 Å². The van der Waals surface area contributed by atoms with E-state index in [1.807, 2.05) is 6.92 Å². The molecule has 0 aliphatic rings. The molecule has 0 saturated carbocycles. The molecule has 0 bridgehead atoms. The van der Waals surface area contributed by atoms with E-state index >= 15 is 0 Å². The van der Waals surface area contributed by atoms with Crippen molar-refractivity contribution in [1.82, 2.24) is 5.32 Å². The zero-order valence-corrected chi connectivity index (χ0v) is 11.4. The molecular formula is C14H17NO5. The summed E-state index contributed by atoms with van der Waals surface area (Å²) in [6.07, 6.45) is 0.240. The lowest BCUT2D eigenvalue weighted by Gasteiger charge is -2.14. The van der Waals surface area contributed by atoms with Gasteiger partial charge in [0.05, 0.1) is 13.5 Å². The number of benzene rings is 1. The van der Waals surface area contributed by atoms with Gasteiger partial charge in [0, 0.05) is 5.56 Å². The van der Waals surface area contributed by atoms with Crippen LogP contribution >= 0.6 is 0 Å². The Morgan fingerprint density at radius 3 is 2.50 bits per heavy atom. The van der Waals surface area contributed by atoms with Crippen molar-refractivity contribution in [2.75, 3.05) is 7.11 Å². The van der Waals surface area contributed by atoms with E-state index in [1.165, 1.54) is 0 Å². The largest absolute Gasteiger partial charge is 0.480 e. The quantitative estimate of drug-likeness (QED) is 0.758. The van der Waals surface area contributed by atoms with Gasteiger partial charge in [-0.3, -0.25) is 9.59 Å². The van der Waals surface area contributed by atoms with Crippen molar-refractivity contribution in [3.8, 4) is 0 Å². The smallest absolute Gasteiger partial charge is 0.326 e. The first kappa shape index (κ1) is 15.7. The summed E-state index contributed by atoms with van der Waals surface area (Å²) in [6.45, 7) is 1.90. The molecule has 6 nitrogen and oxygen atoms in total. The van der Waals surface area contributed by atoms with Gasteiger partial charge >= 0.3 is 11.9 Å². The van der Waals surface area contributed by atoms with E-state index in [9.17, 15) is 14.4 Å². The molecule has 1 amide bonds. The van der Waals surface area contributed by atoms with Crippen molar-refractivity contribution in [3.05, 3.63) is 35.4 Å². The van der Waals surface area contributed by atoms with Gasteiger partial charge in [-0.05, 0) is 18.1 Å². The molecule has 1 atom stereocenters. The Morgan fingerprint density at radius 1 is 1.30 bits per heavy atom. The molecule has 0 spiro atoms. The number of carbonyl (C=O) groups is 3. The zero-order valence-electron chi connectivity index (χ0n) is 11.4. The first-order valence-corrected chi connectivity index (χ1v) is 6.18. The summed E-state index contributed by atoms with van der Waals surface area (Å²) in [6, 6.07) is 5.61. The maximum Gasteiger partial charge on any atom is 0.326 e. The molecule has 6 heteroatoms. The Kier molecular flexibility index (Phi) is 5.71. The van der Waals surface area contributed by atoms with Crippen molar-refractivity contribution in [2.45, 2.75) is 25.8 Å². The number of aliphatic carboxylic acids is 1. The molecule has 2 N–H and O–H groups in total. The van der Waals surface area contributed by atoms with Crippen LogP contribution in [0.15, 0.2) is 24.3 Å². The number of rotatable bonds is 6. The van der Waals surface area contributed by atoms with Gasteiger partial charge in [-0.2, -0.15) is 0 Å². The van der Waals surface area contributed by atoms with Gasteiger partial charge < -0.3 is 15.2 Å². The monoisotopic (exact) mass is 279 g/mol. The highest BCUT2D eigenvalue weighted by molar-refractivity contribution is 5.98. The Labute approximate surface area is 116 Å². The number of hydrogen-bond acceptors (Lipinski definition) is 4. The van der Waals surface area contributed by atoms with Crippen LogP contribution in [0, 0.1) is 0 Å². The standard InChI is InChI=1S/C14H17NO5/c1-3-9-6-4-5-7-10(9)13(17)15-11(14(18)19)8-12(16)20-2/h4-7,11H,3,8H2,1-2H3,(H,15,17)(H,18,19)/t11-/m0/s1. The molecule has 0 fully saturated rings. The van der Waals surface area contributed by atoms with Crippen LogP contribution in [0.2, 0.25) is 0 Å². The van der Waals surface area contributed by atoms with Gasteiger partial charge in [-0.15, -0.1) is 0 Å². The summed E-state index contributed by atoms with van der Waals surface area (Å²) < 4.78 is 4.41. The minimum atomic E-state index is -1.31. The molecule has 108 valence electrons. The van der Waals surface area contributed by atoms with E-state index in [-0.39, 0.29) is 0 Å². The number of methoxy groups -OCH3 is 1. The van der Waals surface area contributed by atoms with E-state index in [0.717, 1.165) is 12.7 Å². The van der Waals surface area contributed by atoms with E-state index in [0.29, 0.717) is 12.0 Å². The number of carbonyl (C=O) groups excluding carboxylic acids is 2. The Bertz CT molecular complexity index is 512. The third kappa shape index (κ3) is 4.08. The number of hydrogen-bond donors (Lipinski definition) is 2. The summed E-state index contributed by atoms with van der Waals surface area (Å²) in [5.41, 5.74) is 1.22. The fourth-order valence-electron chi connectivity index (χ4n) is 1.74. The van der Waals surface area contributed by atoms with Crippen molar-refractivity contribution < 1.29 is 24.2 Å². The highest BCUT2D eigenvalue weighted by Gasteiger charge is 2.24. The van der Waals surface area contributed by atoms with Crippen molar-refractivity contribution in [1.29, 1.82) is 0 Å². The van der Waals surface area contributed by atoms with Crippen LogP contribution < -0.4 is 5.32 Å². The third-order valence-corrected chi connectivity index (χ3v) is 2.84. The highest BCUT2D eigenvalue weighted by atomic mass is 16.5. The first-order chi connectivity index (χ1) is 9.49. The number of ether oxygens (including phenoxy) is 1. The molecule has 0 aliphatic heterocycles. The number of carboxylic acids is 1. The van der Waals surface area contributed by atoms with Crippen molar-refractivity contribution in [2.24, 2.45) is 0 Å². The minimum Gasteiger partial charge on any atom is -0.480 e. The molecular weight excluding hydrogens is 262 g/mol. The van der Waals surface area contributed by atoms with Crippen LogP contribution in [-0.4, -0.2) is 36.1 Å². The van der Waals surface area contributed by atoms with Crippen LogP contribution in [0.4, 0.5) is 0 Å². The molecule has 0 unspecified atom stereocenters. The van der Waals surface area contributed by atoms with Gasteiger partial charge in [0.15, 0.2) is 0 Å². The Morgan fingerprint density at radius 2 is 1.95 bits per heavy atom. The molecule has 1 aromatic carbocycles. The van der Waals surface area contributed by atoms with E-state index in [4.69, 9.17) is 5.11 Å². The number of amides is 1. The second-order valence-corrected chi connectivity index (χ2v) is 4.16. The lowest BCUT2D eigenvalue weighted by Crippen LogP contribution is -2.42. The zero-order chi connectivity index (χ0) is 15.1. The third-order valence-electron chi connectivity index (χ3n) is 2.84. The van der Waals surface area contributed by atoms with Crippen molar-refractivity contribution >= 4 is 17.8 Å². The molecule has 0 saturated heterocycles. The van der Waals surface area contributed by atoms with E-state index in [1.54, 1.807) is 24.3 Å². The maximum absolute atomic E-state index is 12.1. The van der Waals surface area contributed by atoms with Crippen LogP contribution in [-0.2, 0) is 20.7 Å². The second-order valence-electron chi connectivity index (χ2n) is 4.16. The van der Waals surface area contributed by atoms with Gasteiger partial charge in [-0.1, -0.05) is 25.1 Å². The molecule has 0 heterocycles. The van der Waals surface area contributed by atoms with Crippen LogP contribution in [0.1, 0.15) is 29.3 Å². The molecule has 1 aromatic rings. The normalized spacial score (nSPS) is 11.5. The summed E-state index contributed by atoms with van der Waals surface area (Å²) in [7, 11) is 1.16. The van der Waals surface area contributed by atoms with Gasteiger partial charge in [0.1, 0.15) is 6.04 Å². The van der Waals surface area contributed by atoms with Crippen molar-refractivity contribution in [3.63, 3.8) is 0 Å². The predicted octanol–water partition coefficient (Wildman–Crippen LogP) is 0.995. The molecule has 20 heavy (non-hydrogen) atoms. The molecule has 0 aromatic heterocycles. The second kappa shape index (κ2) is 7.28. The number of nitrogens with one attached hydrogen (secondary N) is 1. The molecule has 0 radical (unpaired) electrons. The number of carboxylic acid groups (broad SMARTS) is 1. The number of esters is 1. The van der Waals surface area contributed by atoms with Crippen LogP contribution in [0.3, 0.4) is 0 Å². The first-order valence-electron chi connectivity index (χ1n) is 6.18. The summed E-state index contributed by atoms with van der Waals surface area (Å²) in [4.78, 5) is 34.3. The minimum absolute atomic E-state index is 0.408. The topological polar surface area (TPSA) is 92.7 Å². The highest BCUT2D eigenvalue weighted by Crippen LogP contribution is 2.10. The van der Waals surface area contributed by atoms with Gasteiger partial charge in [0.25, 0.3) is 5.91 Å². The van der Waals surface area contributed by atoms with Crippen LogP contribution in [0.5, 0.6) is 0 Å². The van der Waals surface area contributed by atoms with Gasteiger partial charge in [-0.25, -0.2) is 4.79 Å². The average molecular weight is 279 g/mol. The van der Waals surface area contributed by atoms with Crippen LogP contribution in [0.25, 0.3) is 0 Å². The molecule has 0 aliphatic carbocycles. The van der Waals surface area contributed by atoms with E-state index in [2.05, 4.69) is 10.1 Å². The summed E-state index contributed by atoms with van der Waals surface area (Å²) in [5, 5.41) is 11.4. The SMILES string of the molecule is CCc1ccccc1C(=O)N[C@@H](CC(=O)OC)C(=O)O. The Hall–Kier alpha value is -2.37.